The molecule has 3 heteroatoms. The molecule has 0 fully saturated rings. The standard InChI is InChI=1S/C17H12N2O/c18-10-13-8-9-15(19-11-13)12-20-17-7-3-5-14-4-1-2-6-16(14)17/h1-9,11H,12H2. The van der Waals surface area contributed by atoms with Crippen molar-refractivity contribution < 1.29 is 4.74 Å². The molecule has 0 radical (unpaired) electrons. The van der Waals surface area contributed by atoms with Gasteiger partial charge in [-0.2, -0.15) is 5.26 Å². The summed E-state index contributed by atoms with van der Waals surface area (Å²) in [6, 6.07) is 19.7. The van der Waals surface area contributed by atoms with Crippen molar-refractivity contribution in [1.82, 2.24) is 4.98 Å². The van der Waals surface area contributed by atoms with Crippen LogP contribution < -0.4 is 4.74 Å². The van der Waals surface area contributed by atoms with Crippen LogP contribution in [0.25, 0.3) is 10.8 Å². The Morgan fingerprint density at radius 1 is 1.00 bits per heavy atom. The number of fused-ring (bicyclic) bond motifs is 1. The first-order valence-electron chi connectivity index (χ1n) is 6.32. The maximum absolute atomic E-state index is 8.73. The van der Waals surface area contributed by atoms with E-state index in [-0.39, 0.29) is 0 Å². The summed E-state index contributed by atoms with van der Waals surface area (Å²) in [7, 11) is 0. The lowest BCUT2D eigenvalue weighted by Crippen LogP contribution is -1.98. The van der Waals surface area contributed by atoms with Crippen LogP contribution >= 0.6 is 0 Å². The molecule has 0 amide bonds. The minimum absolute atomic E-state index is 0.389. The van der Waals surface area contributed by atoms with E-state index in [0.29, 0.717) is 12.2 Å². The Hall–Kier alpha value is -2.86. The molecule has 20 heavy (non-hydrogen) atoms. The monoisotopic (exact) mass is 260 g/mol. The third-order valence-corrected chi connectivity index (χ3v) is 3.08. The van der Waals surface area contributed by atoms with Gasteiger partial charge in [-0.15, -0.1) is 0 Å². The van der Waals surface area contributed by atoms with E-state index in [2.05, 4.69) is 17.1 Å². The van der Waals surface area contributed by atoms with Gasteiger partial charge in [0.2, 0.25) is 0 Å². The molecule has 2 aromatic carbocycles. The van der Waals surface area contributed by atoms with Crippen molar-refractivity contribution in [1.29, 1.82) is 5.26 Å². The molecule has 0 bridgehead atoms. The van der Waals surface area contributed by atoms with Gasteiger partial charge in [-0.25, -0.2) is 0 Å². The number of benzene rings is 2. The lowest BCUT2D eigenvalue weighted by atomic mass is 10.1. The zero-order valence-corrected chi connectivity index (χ0v) is 10.8. The van der Waals surface area contributed by atoms with Crippen LogP contribution in [0.2, 0.25) is 0 Å². The highest BCUT2D eigenvalue weighted by atomic mass is 16.5. The number of hydrogen-bond donors (Lipinski definition) is 0. The van der Waals surface area contributed by atoms with E-state index >= 15 is 0 Å². The van der Waals surface area contributed by atoms with E-state index in [0.717, 1.165) is 22.2 Å². The Bertz CT molecular complexity index is 768. The van der Waals surface area contributed by atoms with Crippen LogP contribution in [0, 0.1) is 11.3 Å². The largest absolute Gasteiger partial charge is 0.487 e. The number of rotatable bonds is 3. The second-order valence-electron chi connectivity index (χ2n) is 4.42. The fourth-order valence-corrected chi connectivity index (χ4v) is 2.05. The Kier molecular flexibility index (Phi) is 3.30. The van der Waals surface area contributed by atoms with Gasteiger partial charge < -0.3 is 4.74 Å². The summed E-state index contributed by atoms with van der Waals surface area (Å²) in [5.41, 5.74) is 1.36. The van der Waals surface area contributed by atoms with Crippen molar-refractivity contribution in [2.75, 3.05) is 0 Å². The van der Waals surface area contributed by atoms with Gasteiger partial charge in [0.15, 0.2) is 0 Å². The molecule has 0 spiro atoms. The predicted octanol–water partition coefficient (Wildman–Crippen LogP) is 3.69. The van der Waals surface area contributed by atoms with E-state index in [1.807, 2.05) is 42.5 Å². The molecule has 0 aliphatic heterocycles. The van der Waals surface area contributed by atoms with E-state index in [1.165, 1.54) is 0 Å². The molecule has 0 aliphatic carbocycles. The van der Waals surface area contributed by atoms with Gasteiger partial charge in [0.25, 0.3) is 0 Å². The third kappa shape index (κ3) is 2.45. The van der Waals surface area contributed by atoms with Crippen molar-refractivity contribution in [3.8, 4) is 11.8 Å². The Balaban J connectivity index is 1.81. The summed E-state index contributed by atoms with van der Waals surface area (Å²) in [6.07, 6.45) is 1.56. The number of ether oxygens (including phenoxy) is 1. The van der Waals surface area contributed by atoms with E-state index < -0.39 is 0 Å². The highest BCUT2D eigenvalue weighted by Gasteiger charge is 2.02. The highest BCUT2D eigenvalue weighted by molar-refractivity contribution is 5.88. The minimum Gasteiger partial charge on any atom is -0.487 e. The Morgan fingerprint density at radius 3 is 2.65 bits per heavy atom. The Labute approximate surface area is 117 Å². The first-order valence-corrected chi connectivity index (χ1v) is 6.32. The average Bonchev–Trinajstić information content (AvgIpc) is 2.53. The minimum atomic E-state index is 0.389. The summed E-state index contributed by atoms with van der Waals surface area (Å²) < 4.78 is 5.83. The second-order valence-corrected chi connectivity index (χ2v) is 4.42. The molecule has 0 unspecified atom stereocenters. The van der Waals surface area contributed by atoms with Crippen LogP contribution in [0.4, 0.5) is 0 Å². The zero-order valence-electron chi connectivity index (χ0n) is 10.8. The molecule has 3 nitrogen and oxygen atoms in total. The molecule has 1 heterocycles. The van der Waals surface area contributed by atoms with Crippen molar-refractivity contribution in [3.63, 3.8) is 0 Å². The summed E-state index contributed by atoms with van der Waals surface area (Å²) in [5.74, 6) is 0.842. The molecule has 0 aliphatic rings. The van der Waals surface area contributed by atoms with Gasteiger partial charge >= 0.3 is 0 Å². The smallest absolute Gasteiger partial charge is 0.130 e. The molecule has 1 aromatic heterocycles. The van der Waals surface area contributed by atoms with Crippen molar-refractivity contribution >= 4 is 10.8 Å². The molecule has 3 aromatic rings. The van der Waals surface area contributed by atoms with E-state index in [9.17, 15) is 0 Å². The van der Waals surface area contributed by atoms with Crippen LogP contribution in [-0.2, 0) is 6.61 Å². The molecule has 0 atom stereocenters. The summed E-state index contributed by atoms with van der Waals surface area (Å²) in [5, 5.41) is 11.0. The first kappa shape index (κ1) is 12.2. The van der Waals surface area contributed by atoms with E-state index in [4.69, 9.17) is 10.00 Å². The predicted molar refractivity (Wildman–Crippen MR) is 77.2 cm³/mol. The maximum Gasteiger partial charge on any atom is 0.130 e. The van der Waals surface area contributed by atoms with Gasteiger partial charge in [-0.1, -0.05) is 36.4 Å². The second kappa shape index (κ2) is 5.41. The SMILES string of the molecule is N#Cc1ccc(COc2cccc3ccccc23)nc1. The normalized spacial score (nSPS) is 10.2. The van der Waals surface area contributed by atoms with E-state index in [1.54, 1.807) is 12.3 Å². The number of nitriles is 1. The quantitative estimate of drug-likeness (QED) is 0.721. The molecule has 96 valence electrons. The summed E-state index contributed by atoms with van der Waals surface area (Å²) in [6.45, 7) is 0.389. The molecule has 0 saturated heterocycles. The maximum atomic E-state index is 8.73. The fourth-order valence-electron chi connectivity index (χ4n) is 2.05. The number of pyridine rings is 1. The summed E-state index contributed by atoms with van der Waals surface area (Å²) in [4.78, 5) is 4.20. The zero-order chi connectivity index (χ0) is 13.8. The number of aromatic nitrogens is 1. The van der Waals surface area contributed by atoms with Crippen LogP contribution in [-0.4, -0.2) is 4.98 Å². The highest BCUT2D eigenvalue weighted by Crippen LogP contribution is 2.25. The van der Waals surface area contributed by atoms with Gasteiger partial charge in [-0.3, -0.25) is 4.98 Å². The van der Waals surface area contributed by atoms with Crippen molar-refractivity contribution in [2.24, 2.45) is 0 Å². The van der Waals surface area contributed by atoms with Crippen LogP contribution in [0.3, 0.4) is 0 Å². The fraction of sp³-hybridized carbons (Fsp3) is 0.0588. The molecule has 0 saturated carbocycles. The average molecular weight is 260 g/mol. The van der Waals surface area contributed by atoms with Gasteiger partial charge in [-0.05, 0) is 23.6 Å². The van der Waals surface area contributed by atoms with Crippen molar-refractivity contribution in [3.05, 3.63) is 72.1 Å². The van der Waals surface area contributed by atoms with Gasteiger partial charge in [0.05, 0.1) is 11.3 Å². The lowest BCUT2D eigenvalue weighted by Gasteiger charge is -2.08. The topological polar surface area (TPSA) is 45.9 Å². The number of hydrogen-bond acceptors (Lipinski definition) is 3. The van der Waals surface area contributed by atoms with Crippen molar-refractivity contribution in [2.45, 2.75) is 6.61 Å². The van der Waals surface area contributed by atoms with Crippen LogP contribution in [0.15, 0.2) is 60.8 Å². The first-order chi connectivity index (χ1) is 9.86. The van der Waals surface area contributed by atoms with Gasteiger partial charge in [0.1, 0.15) is 18.4 Å². The summed E-state index contributed by atoms with van der Waals surface area (Å²) >= 11 is 0. The van der Waals surface area contributed by atoms with Crippen LogP contribution in [0.5, 0.6) is 5.75 Å². The lowest BCUT2D eigenvalue weighted by molar-refractivity contribution is 0.305. The third-order valence-electron chi connectivity index (χ3n) is 3.08. The molecular weight excluding hydrogens is 248 g/mol. The molecule has 0 N–H and O–H groups in total. The van der Waals surface area contributed by atoms with Crippen LogP contribution in [0.1, 0.15) is 11.3 Å². The van der Waals surface area contributed by atoms with Gasteiger partial charge in [0, 0.05) is 11.6 Å². The molecular formula is C17H12N2O. The Morgan fingerprint density at radius 2 is 1.85 bits per heavy atom. The number of nitrogens with zero attached hydrogens (tertiary/aromatic N) is 2. The molecule has 3 rings (SSSR count).